The Hall–Kier alpha value is -1.58. The Kier molecular flexibility index (Phi) is 8.48. The number of nitrogens with zero attached hydrogens (tertiary/aromatic N) is 2. The van der Waals surface area contributed by atoms with Gasteiger partial charge in [-0.1, -0.05) is 13.8 Å². The summed E-state index contributed by atoms with van der Waals surface area (Å²) in [4.78, 5) is 14.1. The molecule has 6 heteroatoms. The van der Waals surface area contributed by atoms with Crippen molar-refractivity contribution >= 4 is 5.91 Å². The lowest BCUT2D eigenvalue weighted by Crippen LogP contribution is -2.33. The molecular formula is C15H26N4O2. The fourth-order valence-electron chi connectivity index (χ4n) is 2.19. The summed E-state index contributed by atoms with van der Waals surface area (Å²) in [6.45, 7) is 9.04. The number of nitriles is 1. The summed E-state index contributed by atoms with van der Waals surface area (Å²) in [7, 11) is 0. The Balaban J connectivity index is 2.29. The summed E-state index contributed by atoms with van der Waals surface area (Å²) in [5, 5.41) is 14.8. The number of likely N-dealkylation sites (N-methyl/N-ethyl adjacent to an activating group) is 1. The van der Waals surface area contributed by atoms with Crippen LogP contribution in [0.5, 0.6) is 0 Å². The zero-order valence-electron chi connectivity index (χ0n) is 13.0. The van der Waals surface area contributed by atoms with Gasteiger partial charge in [-0.3, -0.25) is 4.79 Å². The molecule has 1 rings (SSSR count). The lowest BCUT2D eigenvalue weighted by atomic mass is 10.2. The van der Waals surface area contributed by atoms with Crippen molar-refractivity contribution < 1.29 is 9.53 Å². The van der Waals surface area contributed by atoms with E-state index in [1.54, 1.807) is 0 Å². The molecule has 0 radical (unpaired) electrons. The van der Waals surface area contributed by atoms with E-state index in [2.05, 4.69) is 29.4 Å². The van der Waals surface area contributed by atoms with Crippen LogP contribution in [-0.2, 0) is 9.53 Å². The van der Waals surface area contributed by atoms with E-state index in [0.717, 1.165) is 39.1 Å². The Morgan fingerprint density at radius 2 is 2.24 bits per heavy atom. The second kappa shape index (κ2) is 10.2. The monoisotopic (exact) mass is 294 g/mol. The van der Waals surface area contributed by atoms with Crippen molar-refractivity contribution in [1.29, 1.82) is 5.26 Å². The molecule has 1 aliphatic heterocycles. The summed E-state index contributed by atoms with van der Waals surface area (Å²) in [6, 6.07) is 1.93. The molecule has 0 saturated carbocycles. The molecule has 1 amide bonds. The van der Waals surface area contributed by atoms with Gasteiger partial charge in [0.2, 0.25) is 0 Å². The highest BCUT2D eigenvalue weighted by molar-refractivity contribution is 5.97. The van der Waals surface area contributed by atoms with Gasteiger partial charge in [0, 0.05) is 32.4 Å². The van der Waals surface area contributed by atoms with Crippen molar-refractivity contribution in [2.45, 2.75) is 32.8 Å². The van der Waals surface area contributed by atoms with Crippen LogP contribution in [0.1, 0.15) is 26.7 Å². The number of amides is 1. The maximum Gasteiger partial charge on any atom is 0.263 e. The summed E-state index contributed by atoms with van der Waals surface area (Å²) < 4.78 is 5.43. The van der Waals surface area contributed by atoms with Crippen LogP contribution in [-0.4, -0.2) is 56.2 Å². The maximum absolute atomic E-state index is 11.9. The third-order valence-electron chi connectivity index (χ3n) is 3.59. The minimum atomic E-state index is -0.344. The maximum atomic E-state index is 11.9. The Morgan fingerprint density at radius 3 is 2.81 bits per heavy atom. The summed E-state index contributed by atoms with van der Waals surface area (Å²) in [5.41, 5.74) is 0.104. The molecule has 21 heavy (non-hydrogen) atoms. The number of hydrogen-bond donors (Lipinski definition) is 2. The molecule has 1 heterocycles. The number of nitrogens with one attached hydrogen (secondary N) is 2. The van der Waals surface area contributed by atoms with Crippen molar-refractivity contribution in [2.75, 3.05) is 39.3 Å². The van der Waals surface area contributed by atoms with E-state index in [1.807, 2.05) is 6.07 Å². The molecular weight excluding hydrogens is 268 g/mol. The highest BCUT2D eigenvalue weighted by Gasteiger charge is 2.17. The van der Waals surface area contributed by atoms with E-state index >= 15 is 0 Å². The molecule has 6 nitrogen and oxygen atoms in total. The second-order valence-electron chi connectivity index (χ2n) is 5.00. The van der Waals surface area contributed by atoms with Crippen LogP contribution in [0, 0.1) is 11.3 Å². The minimum absolute atomic E-state index is 0.0875. The van der Waals surface area contributed by atoms with E-state index in [4.69, 9.17) is 10.00 Å². The molecule has 0 spiro atoms. The van der Waals surface area contributed by atoms with Gasteiger partial charge < -0.3 is 20.3 Å². The lowest BCUT2D eigenvalue weighted by molar-refractivity contribution is -0.117. The van der Waals surface area contributed by atoms with Gasteiger partial charge in [-0.05, 0) is 25.9 Å². The van der Waals surface area contributed by atoms with E-state index in [-0.39, 0.29) is 17.6 Å². The zero-order valence-corrected chi connectivity index (χ0v) is 13.0. The van der Waals surface area contributed by atoms with Crippen LogP contribution in [0.3, 0.4) is 0 Å². The average Bonchev–Trinajstić information content (AvgIpc) is 3.02. The van der Waals surface area contributed by atoms with Crippen LogP contribution in [0.15, 0.2) is 11.8 Å². The Labute approximate surface area is 127 Å². The Bertz CT molecular complexity index is 380. The highest BCUT2D eigenvalue weighted by Crippen LogP contribution is 2.10. The molecule has 2 N–H and O–H groups in total. The van der Waals surface area contributed by atoms with Crippen LogP contribution in [0.4, 0.5) is 0 Å². The van der Waals surface area contributed by atoms with Gasteiger partial charge in [0.25, 0.3) is 5.91 Å². The molecule has 0 aromatic heterocycles. The first-order valence-corrected chi connectivity index (χ1v) is 7.67. The molecule has 1 atom stereocenters. The highest BCUT2D eigenvalue weighted by atomic mass is 16.5. The minimum Gasteiger partial charge on any atom is -0.388 e. The van der Waals surface area contributed by atoms with Crippen molar-refractivity contribution in [3.8, 4) is 6.07 Å². The third-order valence-corrected chi connectivity index (χ3v) is 3.59. The topological polar surface area (TPSA) is 77.4 Å². The van der Waals surface area contributed by atoms with E-state index in [0.29, 0.717) is 13.1 Å². The Morgan fingerprint density at radius 1 is 1.48 bits per heavy atom. The van der Waals surface area contributed by atoms with Crippen LogP contribution in [0.25, 0.3) is 0 Å². The summed E-state index contributed by atoms with van der Waals surface area (Å²) in [5.74, 6) is -0.344. The smallest absolute Gasteiger partial charge is 0.263 e. The summed E-state index contributed by atoms with van der Waals surface area (Å²) in [6.07, 6.45) is 3.58. The zero-order chi connectivity index (χ0) is 15.5. The van der Waals surface area contributed by atoms with Gasteiger partial charge in [0.05, 0.1) is 6.10 Å². The SMILES string of the molecule is CCN(CC)CCN/C=C(/C#N)C(=O)NCC1CCCO1. The van der Waals surface area contributed by atoms with Gasteiger partial charge in [0.1, 0.15) is 11.6 Å². The second-order valence-corrected chi connectivity index (χ2v) is 5.00. The first kappa shape index (κ1) is 17.5. The largest absolute Gasteiger partial charge is 0.388 e. The van der Waals surface area contributed by atoms with Gasteiger partial charge in [-0.2, -0.15) is 5.26 Å². The number of ether oxygens (including phenoxy) is 1. The molecule has 1 saturated heterocycles. The fraction of sp³-hybridized carbons (Fsp3) is 0.733. The van der Waals surface area contributed by atoms with Gasteiger partial charge >= 0.3 is 0 Å². The molecule has 0 aromatic carbocycles. The third kappa shape index (κ3) is 6.61. The number of carbonyl (C=O) groups excluding carboxylic acids is 1. The van der Waals surface area contributed by atoms with Crippen molar-refractivity contribution in [1.82, 2.24) is 15.5 Å². The predicted molar refractivity (Wildman–Crippen MR) is 81.5 cm³/mol. The molecule has 118 valence electrons. The van der Waals surface area contributed by atoms with Crippen molar-refractivity contribution in [2.24, 2.45) is 0 Å². The molecule has 0 bridgehead atoms. The van der Waals surface area contributed by atoms with Crippen LogP contribution in [0.2, 0.25) is 0 Å². The fourth-order valence-corrected chi connectivity index (χ4v) is 2.19. The first-order chi connectivity index (χ1) is 10.2. The molecule has 1 aliphatic rings. The summed E-state index contributed by atoms with van der Waals surface area (Å²) >= 11 is 0. The van der Waals surface area contributed by atoms with Gasteiger partial charge in [-0.25, -0.2) is 0 Å². The lowest BCUT2D eigenvalue weighted by Gasteiger charge is -2.17. The first-order valence-electron chi connectivity index (χ1n) is 7.67. The van der Waals surface area contributed by atoms with Gasteiger partial charge in [0.15, 0.2) is 0 Å². The standard InChI is InChI=1S/C15H26N4O2/c1-3-19(4-2)8-7-17-11-13(10-16)15(20)18-12-14-6-5-9-21-14/h11,14,17H,3-9,12H2,1-2H3,(H,18,20)/b13-11-. The van der Waals surface area contributed by atoms with Gasteiger partial charge in [-0.15, -0.1) is 0 Å². The predicted octanol–water partition coefficient (Wildman–Crippen LogP) is 0.620. The van der Waals surface area contributed by atoms with Crippen molar-refractivity contribution in [3.05, 3.63) is 11.8 Å². The average molecular weight is 294 g/mol. The molecule has 0 aromatic rings. The quantitative estimate of drug-likeness (QED) is 0.370. The van der Waals surface area contributed by atoms with Crippen molar-refractivity contribution in [3.63, 3.8) is 0 Å². The molecule has 0 aliphatic carbocycles. The van der Waals surface area contributed by atoms with E-state index in [1.165, 1.54) is 6.20 Å². The number of carbonyl (C=O) groups is 1. The number of rotatable bonds is 9. The number of hydrogen-bond acceptors (Lipinski definition) is 5. The van der Waals surface area contributed by atoms with E-state index in [9.17, 15) is 4.79 Å². The van der Waals surface area contributed by atoms with Crippen LogP contribution < -0.4 is 10.6 Å². The van der Waals surface area contributed by atoms with E-state index < -0.39 is 0 Å². The molecule has 1 fully saturated rings. The van der Waals surface area contributed by atoms with Crippen LogP contribution >= 0.6 is 0 Å². The molecule has 1 unspecified atom stereocenters. The normalized spacial score (nSPS) is 18.6.